The van der Waals surface area contributed by atoms with E-state index in [0.29, 0.717) is 29.5 Å². The molecule has 0 saturated heterocycles. The van der Waals surface area contributed by atoms with Crippen LogP contribution in [0.25, 0.3) is 0 Å². The number of halogens is 1. The third-order valence-corrected chi connectivity index (χ3v) is 7.34. The minimum absolute atomic E-state index is 0.176. The van der Waals surface area contributed by atoms with Gasteiger partial charge in [-0.1, -0.05) is 42.6 Å². The fraction of sp³-hybridized carbons (Fsp3) is 0.464. The van der Waals surface area contributed by atoms with Crippen molar-refractivity contribution in [1.29, 1.82) is 0 Å². The zero-order valence-electron chi connectivity index (χ0n) is 21.6. The van der Waals surface area contributed by atoms with E-state index in [1.807, 2.05) is 38.1 Å². The van der Waals surface area contributed by atoms with Gasteiger partial charge in [-0.2, -0.15) is 0 Å². The number of rotatable bonds is 6. The van der Waals surface area contributed by atoms with Gasteiger partial charge in [-0.05, 0) is 63.4 Å². The smallest absolute Gasteiger partial charge is 0.318 e. The lowest BCUT2D eigenvalue weighted by Gasteiger charge is -2.30. The van der Waals surface area contributed by atoms with Gasteiger partial charge in [0.15, 0.2) is 0 Å². The molecule has 2 N–H and O–H groups in total. The van der Waals surface area contributed by atoms with E-state index in [9.17, 15) is 14.4 Å². The van der Waals surface area contributed by atoms with E-state index >= 15 is 0 Å². The van der Waals surface area contributed by atoms with Crippen molar-refractivity contribution in [3.63, 3.8) is 0 Å². The lowest BCUT2D eigenvalue weighted by molar-refractivity contribution is -0.123. The number of hydrogen-bond donors (Lipinski definition) is 2. The number of benzene rings is 2. The summed E-state index contributed by atoms with van der Waals surface area (Å²) in [7, 11) is 0. The van der Waals surface area contributed by atoms with Gasteiger partial charge < -0.3 is 25.2 Å². The Kier molecular flexibility index (Phi) is 8.59. The zero-order valence-corrected chi connectivity index (χ0v) is 22.4. The summed E-state index contributed by atoms with van der Waals surface area (Å²) in [4.78, 5) is 43.0. The van der Waals surface area contributed by atoms with Crippen LogP contribution in [0, 0.1) is 0 Å². The number of hydrogen-bond acceptors (Lipinski definition) is 4. The second kappa shape index (κ2) is 11.9. The van der Waals surface area contributed by atoms with Gasteiger partial charge in [-0.25, -0.2) is 4.79 Å². The lowest BCUT2D eigenvalue weighted by atomic mass is 10.1. The predicted molar refractivity (Wildman–Crippen MR) is 144 cm³/mol. The maximum Gasteiger partial charge on any atom is 0.318 e. The van der Waals surface area contributed by atoms with Gasteiger partial charge in [0.05, 0.1) is 17.2 Å². The van der Waals surface area contributed by atoms with Gasteiger partial charge in [-0.15, -0.1) is 0 Å². The number of ether oxygens (including phenoxy) is 1. The fourth-order valence-electron chi connectivity index (χ4n) is 4.97. The molecule has 9 heteroatoms. The standard InChI is InChI=1S/C28H35ClN4O4/c1-4-37-22-13-14-23(24(29)15-22)27(35)33-16-18(2)32(17-20-9-5-8-12-25(20)33)28(36)30-19(3)26(34)31-21-10-6-7-11-21/h5,8-9,12-15,18-19,21H,4,6-7,10-11,16-17H2,1-3H3,(H,30,36)(H,31,34)/t18-,19+/m0/s1. The first-order chi connectivity index (χ1) is 17.8. The number of urea groups is 1. The molecular weight excluding hydrogens is 492 g/mol. The molecule has 0 radical (unpaired) electrons. The number of nitrogens with zero attached hydrogens (tertiary/aromatic N) is 2. The topological polar surface area (TPSA) is 91.0 Å². The molecule has 0 aromatic heterocycles. The van der Waals surface area contributed by atoms with Crippen LogP contribution in [0.2, 0.25) is 5.02 Å². The molecule has 0 bridgehead atoms. The highest BCUT2D eigenvalue weighted by Gasteiger charge is 2.33. The van der Waals surface area contributed by atoms with Gasteiger partial charge in [0, 0.05) is 30.9 Å². The van der Waals surface area contributed by atoms with Gasteiger partial charge in [0.2, 0.25) is 5.91 Å². The zero-order chi connectivity index (χ0) is 26.5. The SMILES string of the molecule is CCOc1ccc(C(=O)N2C[C@H](C)N(C(=O)N[C@H](C)C(=O)NC3CCCC3)Cc3ccccc32)c(Cl)c1. The van der Waals surface area contributed by atoms with Crippen molar-refractivity contribution < 1.29 is 19.1 Å². The van der Waals surface area contributed by atoms with Crippen molar-refractivity contribution in [1.82, 2.24) is 15.5 Å². The van der Waals surface area contributed by atoms with E-state index in [2.05, 4.69) is 10.6 Å². The Morgan fingerprint density at radius 3 is 2.57 bits per heavy atom. The molecule has 1 heterocycles. The molecule has 2 atom stereocenters. The van der Waals surface area contributed by atoms with Crippen molar-refractivity contribution in [3.8, 4) is 5.75 Å². The number of para-hydroxylation sites is 1. The summed E-state index contributed by atoms with van der Waals surface area (Å²) in [6.45, 7) is 6.56. The highest BCUT2D eigenvalue weighted by Crippen LogP contribution is 2.31. The third-order valence-electron chi connectivity index (χ3n) is 7.02. The molecule has 2 aromatic rings. The van der Waals surface area contributed by atoms with Crippen LogP contribution in [0.15, 0.2) is 42.5 Å². The van der Waals surface area contributed by atoms with Crippen molar-refractivity contribution in [3.05, 3.63) is 58.6 Å². The molecular formula is C28H35ClN4O4. The summed E-state index contributed by atoms with van der Waals surface area (Å²) >= 11 is 6.47. The van der Waals surface area contributed by atoms with Gasteiger partial charge in [-0.3, -0.25) is 9.59 Å². The molecule has 1 fully saturated rings. The van der Waals surface area contributed by atoms with E-state index < -0.39 is 6.04 Å². The van der Waals surface area contributed by atoms with E-state index in [0.717, 1.165) is 36.9 Å². The first-order valence-electron chi connectivity index (χ1n) is 13.0. The number of amides is 4. The third kappa shape index (κ3) is 6.18. The second-order valence-corrected chi connectivity index (χ2v) is 10.2. The van der Waals surface area contributed by atoms with Crippen LogP contribution in [-0.2, 0) is 11.3 Å². The predicted octanol–water partition coefficient (Wildman–Crippen LogP) is 4.75. The number of anilines is 1. The summed E-state index contributed by atoms with van der Waals surface area (Å²) in [5, 5.41) is 6.20. The molecule has 198 valence electrons. The Labute approximate surface area is 223 Å². The maximum atomic E-state index is 13.7. The molecule has 1 aliphatic carbocycles. The van der Waals surface area contributed by atoms with Gasteiger partial charge >= 0.3 is 6.03 Å². The Morgan fingerprint density at radius 2 is 1.86 bits per heavy atom. The normalized spacial score (nSPS) is 18.5. The van der Waals surface area contributed by atoms with Crippen molar-refractivity contribution >= 4 is 35.1 Å². The molecule has 37 heavy (non-hydrogen) atoms. The molecule has 2 aromatic carbocycles. The van der Waals surface area contributed by atoms with Crippen LogP contribution in [0.4, 0.5) is 10.5 Å². The quantitative estimate of drug-likeness (QED) is 0.568. The molecule has 0 spiro atoms. The van der Waals surface area contributed by atoms with Crippen LogP contribution in [0.1, 0.15) is 62.4 Å². The Balaban J connectivity index is 1.52. The van der Waals surface area contributed by atoms with E-state index in [4.69, 9.17) is 16.3 Å². The van der Waals surface area contributed by atoms with Crippen molar-refractivity contribution in [2.24, 2.45) is 0 Å². The van der Waals surface area contributed by atoms with Crippen LogP contribution in [0.3, 0.4) is 0 Å². The average molecular weight is 527 g/mol. The summed E-state index contributed by atoms with van der Waals surface area (Å²) in [6.07, 6.45) is 4.20. The van der Waals surface area contributed by atoms with Crippen LogP contribution >= 0.6 is 11.6 Å². The van der Waals surface area contributed by atoms with E-state index in [-0.39, 0.29) is 36.5 Å². The average Bonchev–Trinajstić information content (AvgIpc) is 3.33. The molecule has 4 amide bonds. The molecule has 0 unspecified atom stereocenters. The summed E-state index contributed by atoms with van der Waals surface area (Å²) in [5.74, 6) is 0.173. The minimum Gasteiger partial charge on any atom is -0.494 e. The number of carbonyl (C=O) groups is 3. The molecule has 1 aliphatic heterocycles. The Bertz CT molecular complexity index is 1150. The van der Waals surface area contributed by atoms with Gasteiger partial charge in [0.1, 0.15) is 11.8 Å². The Morgan fingerprint density at radius 1 is 1.14 bits per heavy atom. The lowest BCUT2D eigenvalue weighted by Crippen LogP contribution is -2.54. The second-order valence-electron chi connectivity index (χ2n) is 9.76. The minimum atomic E-state index is -0.667. The van der Waals surface area contributed by atoms with Crippen LogP contribution in [-0.4, -0.2) is 54.0 Å². The number of carbonyl (C=O) groups excluding carboxylic acids is 3. The number of nitrogens with one attached hydrogen (secondary N) is 2. The van der Waals surface area contributed by atoms with Crippen molar-refractivity contribution in [2.45, 2.75) is 71.1 Å². The number of fused-ring (bicyclic) bond motifs is 1. The van der Waals surface area contributed by atoms with Crippen LogP contribution in [0.5, 0.6) is 5.75 Å². The highest BCUT2D eigenvalue weighted by molar-refractivity contribution is 6.34. The van der Waals surface area contributed by atoms with Gasteiger partial charge in [0.25, 0.3) is 5.91 Å². The largest absolute Gasteiger partial charge is 0.494 e. The summed E-state index contributed by atoms with van der Waals surface area (Å²) in [6, 6.07) is 11.4. The summed E-state index contributed by atoms with van der Waals surface area (Å²) in [5.41, 5.74) is 1.93. The van der Waals surface area contributed by atoms with E-state index in [1.54, 1.807) is 34.9 Å². The highest BCUT2D eigenvalue weighted by atomic mass is 35.5. The fourth-order valence-corrected chi connectivity index (χ4v) is 5.23. The molecule has 4 rings (SSSR count). The molecule has 2 aliphatic rings. The van der Waals surface area contributed by atoms with Crippen LogP contribution < -0.4 is 20.3 Å². The first-order valence-corrected chi connectivity index (χ1v) is 13.4. The molecule has 1 saturated carbocycles. The molecule has 8 nitrogen and oxygen atoms in total. The van der Waals surface area contributed by atoms with E-state index in [1.165, 1.54) is 0 Å². The monoisotopic (exact) mass is 526 g/mol. The maximum absolute atomic E-state index is 13.7. The Hall–Kier alpha value is -3.26. The van der Waals surface area contributed by atoms with Crippen molar-refractivity contribution in [2.75, 3.05) is 18.1 Å². The first kappa shape index (κ1) is 26.8. The summed E-state index contributed by atoms with van der Waals surface area (Å²) < 4.78 is 5.50.